The molecule has 3 rings (SSSR count). The molecule has 7 nitrogen and oxygen atoms in total. The minimum absolute atomic E-state index is 0.00278. The molecule has 34 heavy (non-hydrogen) atoms. The number of hydrogen-bond acceptors (Lipinski definition) is 5. The van der Waals surface area contributed by atoms with Gasteiger partial charge in [-0.15, -0.1) is 10.2 Å². The Morgan fingerprint density at radius 1 is 1.00 bits per heavy atom. The molecule has 0 saturated carbocycles. The van der Waals surface area contributed by atoms with Crippen molar-refractivity contribution in [1.82, 2.24) is 20.0 Å². The van der Waals surface area contributed by atoms with Crippen molar-refractivity contribution in [3.05, 3.63) is 42.2 Å². The quantitative estimate of drug-likeness (QED) is 0.585. The first-order chi connectivity index (χ1) is 16.3. The molecular formula is C26H36FN5O2. The lowest BCUT2D eigenvalue weighted by atomic mass is 10.1. The summed E-state index contributed by atoms with van der Waals surface area (Å²) >= 11 is 0. The van der Waals surface area contributed by atoms with E-state index in [4.69, 9.17) is 0 Å². The Morgan fingerprint density at radius 2 is 1.74 bits per heavy atom. The van der Waals surface area contributed by atoms with Crippen LogP contribution in [0.1, 0.15) is 47.0 Å². The fourth-order valence-corrected chi connectivity index (χ4v) is 4.09. The predicted molar refractivity (Wildman–Crippen MR) is 132 cm³/mol. The van der Waals surface area contributed by atoms with Crippen molar-refractivity contribution in [3.8, 4) is 11.3 Å². The highest BCUT2D eigenvalue weighted by atomic mass is 19.1. The van der Waals surface area contributed by atoms with Crippen LogP contribution in [-0.2, 0) is 9.59 Å². The van der Waals surface area contributed by atoms with E-state index in [-0.39, 0.29) is 36.1 Å². The number of rotatable bonds is 8. The summed E-state index contributed by atoms with van der Waals surface area (Å²) in [4.78, 5) is 31.6. The third-order valence-electron chi connectivity index (χ3n) is 6.29. The van der Waals surface area contributed by atoms with Gasteiger partial charge in [0.05, 0.1) is 12.2 Å². The van der Waals surface area contributed by atoms with Gasteiger partial charge in [0.15, 0.2) is 5.82 Å². The van der Waals surface area contributed by atoms with Crippen LogP contribution in [0.5, 0.6) is 0 Å². The van der Waals surface area contributed by atoms with Crippen molar-refractivity contribution in [2.75, 3.05) is 37.6 Å². The summed E-state index contributed by atoms with van der Waals surface area (Å²) in [5.74, 6) is 0.779. The lowest BCUT2D eigenvalue weighted by Gasteiger charge is -2.31. The molecule has 2 heterocycles. The maximum Gasteiger partial charge on any atom is 0.242 e. The lowest BCUT2D eigenvalue weighted by molar-refractivity contribution is -0.142. The molecule has 1 aromatic heterocycles. The molecule has 0 aliphatic carbocycles. The second kappa shape index (κ2) is 11.9. The van der Waals surface area contributed by atoms with E-state index in [9.17, 15) is 14.0 Å². The average Bonchev–Trinajstić information content (AvgIpc) is 3.08. The first kappa shape index (κ1) is 25.6. The van der Waals surface area contributed by atoms with Gasteiger partial charge >= 0.3 is 0 Å². The summed E-state index contributed by atoms with van der Waals surface area (Å²) < 4.78 is 13.2. The molecule has 0 unspecified atom stereocenters. The smallest absolute Gasteiger partial charge is 0.242 e. The van der Waals surface area contributed by atoms with Crippen LogP contribution in [0.15, 0.2) is 36.4 Å². The van der Waals surface area contributed by atoms with Gasteiger partial charge in [-0.1, -0.05) is 20.8 Å². The van der Waals surface area contributed by atoms with Gasteiger partial charge in [-0.3, -0.25) is 9.59 Å². The van der Waals surface area contributed by atoms with Crippen molar-refractivity contribution in [2.45, 2.75) is 53.0 Å². The highest BCUT2D eigenvalue weighted by Crippen LogP contribution is 2.20. The summed E-state index contributed by atoms with van der Waals surface area (Å²) in [6.07, 6.45) is 2.09. The molecule has 8 heteroatoms. The molecule has 1 aliphatic rings. The van der Waals surface area contributed by atoms with Crippen molar-refractivity contribution < 1.29 is 14.0 Å². The normalized spacial score (nSPS) is 15.2. The van der Waals surface area contributed by atoms with Gasteiger partial charge in [-0.25, -0.2) is 4.39 Å². The molecule has 0 N–H and O–H groups in total. The molecule has 2 amide bonds. The standard InChI is InChI=1S/C26H36FN5O2/c1-5-20(4)32(25(33)17-19(2)3)18-26(34)31-14-6-13-30(15-16-31)24-12-11-23(28-29-24)21-7-9-22(27)10-8-21/h7-12,19-20H,5-6,13-18H2,1-4H3/t20-/m1/s1. The second-order valence-electron chi connectivity index (χ2n) is 9.38. The van der Waals surface area contributed by atoms with Crippen molar-refractivity contribution >= 4 is 17.6 Å². The number of carbonyl (C=O) groups is 2. The molecule has 1 fully saturated rings. The third kappa shape index (κ3) is 6.74. The minimum atomic E-state index is -0.284. The minimum Gasteiger partial charge on any atom is -0.353 e. The Balaban J connectivity index is 1.61. The Hall–Kier alpha value is -3.03. The van der Waals surface area contributed by atoms with Gasteiger partial charge in [0.1, 0.15) is 5.82 Å². The van der Waals surface area contributed by atoms with Crippen LogP contribution in [0.3, 0.4) is 0 Å². The summed E-state index contributed by atoms with van der Waals surface area (Å²) in [6, 6.07) is 10.0. The van der Waals surface area contributed by atoms with E-state index in [0.717, 1.165) is 30.8 Å². The van der Waals surface area contributed by atoms with Crippen molar-refractivity contribution in [2.24, 2.45) is 5.92 Å². The number of halogens is 1. The summed E-state index contributed by atoms with van der Waals surface area (Å²) in [5.41, 5.74) is 1.50. The van der Waals surface area contributed by atoms with Crippen LogP contribution < -0.4 is 4.90 Å². The van der Waals surface area contributed by atoms with E-state index in [1.54, 1.807) is 17.0 Å². The highest BCUT2D eigenvalue weighted by Gasteiger charge is 2.26. The summed E-state index contributed by atoms with van der Waals surface area (Å²) in [6.45, 7) is 10.9. The lowest BCUT2D eigenvalue weighted by Crippen LogP contribution is -2.47. The second-order valence-corrected chi connectivity index (χ2v) is 9.38. The number of hydrogen-bond donors (Lipinski definition) is 0. The van der Waals surface area contributed by atoms with E-state index < -0.39 is 0 Å². The fraction of sp³-hybridized carbons (Fsp3) is 0.538. The molecule has 0 radical (unpaired) electrons. The highest BCUT2D eigenvalue weighted by molar-refractivity contribution is 5.85. The summed E-state index contributed by atoms with van der Waals surface area (Å²) in [5, 5.41) is 8.68. The fourth-order valence-electron chi connectivity index (χ4n) is 4.09. The topological polar surface area (TPSA) is 69.6 Å². The molecule has 1 aliphatic heterocycles. The van der Waals surface area contributed by atoms with Crippen LogP contribution >= 0.6 is 0 Å². The largest absolute Gasteiger partial charge is 0.353 e. The number of nitrogens with zero attached hydrogens (tertiary/aromatic N) is 5. The molecule has 1 atom stereocenters. The Kier molecular flexibility index (Phi) is 8.96. The van der Waals surface area contributed by atoms with Crippen LogP contribution in [0, 0.1) is 11.7 Å². The molecule has 1 saturated heterocycles. The van der Waals surface area contributed by atoms with E-state index >= 15 is 0 Å². The zero-order valence-corrected chi connectivity index (χ0v) is 20.7. The Bertz CT molecular complexity index is 949. The van der Waals surface area contributed by atoms with Crippen LogP contribution in [-0.4, -0.2) is 70.6 Å². The van der Waals surface area contributed by atoms with E-state index in [0.29, 0.717) is 31.7 Å². The van der Waals surface area contributed by atoms with Crippen molar-refractivity contribution in [3.63, 3.8) is 0 Å². The summed E-state index contributed by atoms with van der Waals surface area (Å²) in [7, 11) is 0. The van der Waals surface area contributed by atoms with Gasteiger partial charge in [-0.2, -0.15) is 0 Å². The Labute approximate surface area is 201 Å². The van der Waals surface area contributed by atoms with Gasteiger partial charge in [0.2, 0.25) is 11.8 Å². The van der Waals surface area contributed by atoms with Gasteiger partial charge in [0.25, 0.3) is 0 Å². The first-order valence-corrected chi connectivity index (χ1v) is 12.2. The maximum atomic E-state index is 13.2. The van der Waals surface area contributed by atoms with E-state index in [2.05, 4.69) is 15.1 Å². The monoisotopic (exact) mass is 469 g/mol. The Morgan fingerprint density at radius 3 is 2.35 bits per heavy atom. The maximum absolute atomic E-state index is 13.2. The zero-order chi connectivity index (χ0) is 24.7. The number of amides is 2. The SMILES string of the molecule is CC[C@@H](C)N(CC(=O)N1CCCN(c2ccc(-c3ccc(F)cc3)nn2)CC1)C(=O)CC(C)C. The molecule has 184 valence electrons. The molecule has 2 aromatic rings. The predicted octanol–water partition coefficient (Wildman–Crippen LogP) is 3.99. The van der Waals surface area contributed by atoms with Gasteiger partial charge < -0.3 is 14.7 Å². The third-order valence-corrected chi connectivity index (χ3v) is 6.29. The van der Waals surface area contributed by atoms with Crippen molar-refractivity contribution in [1.29, 1.82) is 0 Å². The van der Waals surface area contributed by atoms with E-state index in [1.807, 2.05) is 44.7 Å². The molecule has 0 spiro atoms. The molecule has 0 bridgehead atoms. The van der Waals surface area contributed by atoms with Gasteiger partial charge in [0, 0.05) is 44.2 Å². The number of carbonyl (C=O) groups excluding carboxylic acids is 2. The first-order valence-electron chi connectivity index (χ1n) is 12.2. The van der Waals surface area contributed by atoms with Crippen LogP contribution in [0.4, 0.5) is 10.2 Å². The number of benzene rings is 1. The molecular weight excluding hydrogens is 433 g/mol. The zero-order valence-electron chi connectivity index (χ0n) is 20.7. The van der Waals surface area contributed by atoms with Crippen LogP contribution in [0.2, 0.25) is 0 Å². The van der Waals surface area contributed by atoms with Crippen LogP contribution in [0.25, 0.3) is 11.3 Å². The molecule has 1 aromatic carbocycles. The average molecular weight is 470 g/mol. The number of aromatic nitrogens is 2. The van der Waals surface area contributed by atoms with Gasteiger partial charge in [-0.05, 0) is 62.1 Å². The van der Waals surface area contributed by atoms with E-state index in [1.165, 1.54) is 12.1 Å². The number of anilines is 1.